The van der Waals surface area contributed by atoms with Gasteiger partial charge in [-0.25, -0.2) is 18.6 Å². The van der Waals surface area contributed by atoms with Gasteiger partial charge in [0.05, 0.1) is 24.0 Å². The molecule has 8 nitrogen and oxygen atoms in total. The molecule has 0 aliphatic carbocycles. The summed E-state index contributed by atoms with van der Waals surface area (Å²) in [7, 11) is 0. The molecule has 0 saturated carbocycles. The zero-order valence-electron chi connectivity index (χ0n) is 19.8. The van der Waals surface area contributed by atoms with Crippen LogP contribution in [0.15, 0.2) is 18.2 Å². The van der Waals surface area contributed by atoms with E-state index in [1.165, 1.54) is 0 Å². The maximum atomic E-state index is 14.6. The number of halogens is 2. The third kappa shape index (κ3) is 4.91. The molecule has 1 aromatic heterocycles. The highest BCUT2D eigenvalue weighted by atomic mass is 19.1. The Morgan fingerprint density at radius 3 is 2.79 bits per heavy atom. The van der Waals surface area contributed by atoms with Crippen LogP contribution in [0.2, 0.25) is 0 Å². The van der Waals surface area contributed by atoms with Gasteiger partial charge in [0.25, 0.3) is 0 Å². The number of nitriles is 1. The molecular weight excluding hydrogens is 444 g/mol. The van der Waals surface area contributed by atoms with Gasteiger partial charge in [0.2, 0.25) is 5.82 Å². The number of alkyl carbamates (subject to hydrolysis) is 1. The molecule has 1 saturated heterocycles. The number of ether oxygens (including phenoxy) is 2. The van der Waals surface area contributed by atoms with Crippen LogP contribution in [-0.2, 0) is 29.1 Å². The smallest absolute Gasteiger partial charge is 0.407 e. The van der Waals surface area contributed by atoms with Crippen LogP contribution in [0.1, 0.15) is 63.0 Å². The molecule has 3 heterocycles. The maximum absolute atomic E-state index is 14.6. The molecule has 2 aliphatic heterocycles. The zero-order chi connectivity index (χ0) is 24.6. The summed E-state index contributed by atoms with van der Waals surface area (Å²) < 4.78 is 41.9. The number of fused-ring (bicyclic) bond motifs is 1. The number of carbonyl (C=O) groups is 1. The van der Waals surface area contributed by atoms with E-state index in [4.69, 9.17) is 9.47 Å². The van der Waals surface area contributed by atoms with Crippen molar-refractivity contribution in [2.75, 3.05) is 6.61 Å². The molecule has 2 aliphatic rings. The van der Waals surface area contributed by atoms with Crippen LogP contribution in [-0.4, -0.2) is 44.8 Å². The first-order chi connectivity index (χ1) is 16.1. The van der Waals surface area contributed by atoms with E-state index in [9.17, 15) is 18.8 Å². The van der Waals surface area contributed by atoms with Gasteiger partial charge in [-0.2, -0.15) is 5.26 Å². The van der Waals surface area contributed by atoms with Gasteiger partial charge < -0.3 is 19.4 Å². The van der Waals surface area contributed by atoms with Crippen LogP contribution in [0.3, 0.4) is 0 Å². The van der Waals surface area contributed by atoms with Crippen LogP contribution in [0.5, 0.6) is 0 Å². The van der Waals surface area contributed by atoms with Gasteiger partial charge in [0, 0.05) is 31.2 Å². The van der Waals surface area contributed by atoms with E-state index < -0.39 is 35.5 Å². The molecule has 34 heavy (non-hydrogen) atoms. The summed E-state index contributed by atoms with van der Waals surface area (Å²) in [6.45, 7) is 9.27. The number of benzene rings is 1. The molecule has 4 rings (SSSR count). The van der Waals surface area contributed by atoms with E-state index in [-0.39, 0.29) is 18.2 Å². The lowest BCUT2D eigenvalue weighted by Crippen LogP contribution is -2.52. The fourth-order valence-electron chi connectivity index (χ4n) is 4.67. The van der Waals surface area contributed by atoms with E-state index >= 15 is 0 Å². The van der Waals surface area contributed by atoms with Gasteiger partial charge >= 0.3 is 6.09 Å². The molecule has 10 heteroatoms. The van der Waals surface area contributed by atoms with Crippen molar-refractivity contribution >= 4 is 6.09 Å². The third-order valence-electron chi connectivity index (χ3n) is 6.12. The predicted octanol–water partition coefficient (Wildman–Crippen LogP) is 3.79. The zero-order valence-corrected chi connectivity index (χ0v) is 19.8. The number of imidazole rings is 1. The number of hydrogen-bond acceptors (Lipinski definition) is 6. The molecular formula is C24H29F2N5O3. The first-order valence-electron chi connectivity index (χ1n) is 11.4. The minimum Gasteiger partial charge on any atom is -0.444 e. The molecule has 182 valence electrons. The summed E-state index contributed by atoms with van der Waals surface area (Å²) in [6, 6.07) is 4.61. The van der Waals surface area contributed by atoms with Crippen LogP contribution in [0.4, 0.5) is 13.6 Å². The molecule has 1 aromatic carbocycles. The predicted molar refractivity (Wildman–Crippen MR) is 118 cm³/mol. The second kappa shape index (κ2) is 9.31. The quantitative estimate of drug-likeness (QED) is 0.726. The lowest BCUT2D eigenvalue weighted by Gasteiger charge is -2.40. The highest BCUT2D eigenvalue weighted by Crippen LogP contribution is 2.35. The summed E-state index contributed by atoms with van der Waals surface area (Å²) >= 11 is 0. The third-order valence-corrected chi connectivity index (χ3v) is 6.12. The second-order valence-corrected chi connectivity index (χ2v) is 9.65. The average molecular weight is 474 g/mol. The van der Waals surface area contributed by atoms with Crippen molar-refractivity contribution in [1.29, 1.82) is 5.26 Å². The Bertz CT molecular complexity index is 1120. The number of carbonyl (C=O) groups excluding carboxylic acids is 1. The Morgan fingerprint density at radius 1 is 1.35 bits per heavy atom. The van der Waals surface area contributed by atoms with Gasteiger partial charge in [-0.3, -0.25) is 4.90 Å². The monoisotopic (exact) mass is 473 g/mol. The Morgan fingerprint density at radius 2 is 2.12 bits per heavy atom. The first-order valence-corrected chi connectivity index (χ1v) is 11.4. The minimum absolute atomic E-state index is 0.0574. The number of aromatic nitrogens is 2. The number of rotatable bonds is 4. The van der Waals surface area contributed by atoms with E-state index in [1.807, 2.05) is 11.5 Å². The van der Waals surface area contributed by atoms with Crippen molar-refractivity contribution in [3.63, 3.8) is 0 Å². The van der Waals surface area contributed by atoms with E-state index in [0.717, 1.165) is 29.6 Å². The van der Waals surface area contributed by atoms with Crippen molar-refractivity contribution in [2.24, 2.45) is 0 Å². The fourth-order valence-corrected chi connectivity index (χ4v) is 4.67. The molecule has 3 atom stereocenters. The molecule has 0 radical (unpaired) electrons. The average Bonchev–Trinajstić information content (AvgIpc) is 3.31. The largest absolute Gasteiger partial charge is 0.444 e. The van der Waals surface area contributed by atoms with Gasteiger partial charge in [-0.15, -0.1) is 0 Å². The highest BCUT2D eigenvalue weighted by molar-refractivity contribution is 5.68. The van der Waals surface area contributed by atoms with E-state index in [0.29, 0.717) is 31.9 Å². The highest BCUT2D eigenvalue weighted by Gasteiger charge is 2.40. The second-order valence-electron chi connectivity index (χ2n) is 9.65. The van der Waals surface area contributed by atoms with Crippen molar-refractivity contribution in [1.82, 2.24) is 19.8 Å². The molecule has 1 fully saturated rings. The molecule has 2 aromatic rings. The number of amides is 1. The fraction of sp³-hybridized carbons (Fsp3) is 0.542. The van der Waals surface area contributed by atoms with Crippen molar-refractivity contribution in [2.45, 2.75) is 77.5 Å². The van der Waals surface area contributed by atoms with Crippen LogP contribution in [0, 0.1) is 23.0 Å². The summed E-state index contributed by atoms with van der Waals surface area (Å²) in [5.74, 6) is -0.776. The van der Waals surface area contributed by atoms with Crippen molar-refractivity contribution < 1.29 is 23.0 Å². The molecule has 1 amide bonds. The summed E-state index contributed by atoms with van der Waals surface area (Å²) in [5.41, 5.74) is 1.20. The number of hydrogen-bond donors (Lipinski definition) is 1. The van der Waals surface area contributed by atoms with Crippen LogP contribution < -0.4 is 5.32 Å². The summed E-state index contributed by atoms with van der Waals surface area (Å²) in [4.78, 5) is 19.2. The standard InChI is InChI=1S/C24H29F2N5O3/c1-5-31-20-12-30(11-19(20)28-21(31)10-27)15-9-18(29-23(32)34-24(2,3)4)22(33-13-15)16-8-14(25)6-7-17(16)26/h6-8,15,18,22H,5,9,11-13H2,1-4H3,(H,29,32)/t15-,18+,22-/m1/s1. The van der Waals surface area contributed by atoms with Gasteiger partial charge in [0.1, 0.15) is 29.4 Å². The topological polar surface area (TPSA) is 92.4 Å². The van der Waals surface area contributed by atoms with Crippen LogP contribution in [0.25, 0.3) is 0 Å². The Labute approximate surface area is 197 Å². The van der Waals surface area contributed by atoms with Gasteiger partial charge in [-0.05, 0) is 52.3 Å². The maximum Gasteiger partial charge on any atom is 0.407 e. The van der Waals surface area contributed by atoms with Crippen LogP contribution >= 0.6 is 0 Å². The Hall–Kier alpha value is -3.03. The van der Waals surface area contributed by atoms with Gasteiger partial charge in [0.15, 0.2) is 0 Å². The molecule has 0 bridgehead atoms. The lowest BCUT2D eigenvalue weighted by molar-refractivity contribution is -0.0630. The first kappa shape index (κ1) is 24.1. The summed E-state index contributed by atoms with van der Waals surface area (Å²) in [5, 5.41) is 12.1. The summed E-state index contributed by atoms with van der Waals surface area (Å²) in [6.07, 6.45) is -1.07. The van der Waals surface area contributed by atoms with E-state index in [1.54, 1.807) is 20.8 Å². The number of nitrogens with one attached hydrogen (secondary N) is 1. The minimum atomic E-state index is -0.864. The van der Waals surface area contributed by atoms with Gasteiger partial charge in [-0.1, -0.05) is 0 Å². The van der Waals surface area contributed by atoms with E-state index in [2.05, 4.69) is 21.3 Å². The Kier molecular flexibility index (Phi) is 6.60. The van der Waals surface area contributed by atoms with Crippen molar-refractivity contribution in [3.05, 3.63) is 52.6 Å². The Balaban J connectivity index is 1.55. The molecule has 0 spiro atoms. The molecule has 1 N–H and O–H groups in total. The van der Waals surface area contributed by atoms with Crippen molar-refractivity contribution in [3.8, 4) is 6.07 Å². The lowest BCUT2D eigenvalue weighted by atomic mass is 9.92. The normalized spacial score (nSPS) is 22.8. The number of nitrogens with zero attached hydrogens (tertiary/aromatic N) is 4. The SMILES string of the molecule is CCn1c(C#N)nc2c1CN([C@H]1CO[C@H](c3cc(F)ccc3F)[C@@H](NC(=O)OC(C)(C)C)C1)C2. The molecule has 0 unspecified atom stereocenters.